The number of likely N-dealkylation sites (tertiary alicyclic amines) is 1. The molecule has 2 heterocycles. The van der Waals surface area contributed by atoms with Gasteiger partial charge >= 0.3 is 7.48 Å². The third-order valence-corrected chi connectivity index (χ3v) is 5.06. The van der Waals surface area contributed by atoms with Crippen molar-refractivity contribution < 1.29 is 14.5 Å². The fraction of sp³-hybridized carbons (Fsp3) is 0.667. The molecular formula is C15H21BNO3. The van der Waals surface area contributed by atoms with Crippen LogP contribution in [0.5, 0.6) is 0 Å². The SMILES string of the molecule is C=CC(=O)N1CCC2(CC=C(C3[B]OOC3)CC2)CC1. The number of carbonyl (C=O) groups is 1. The Morgan fingerprint density at radius 2 is 2.25 bits per heavy atom. The van der Waals surface area contributed by atoms with Crippen LogP contribution < -0.4 is 0 Å². The predicted octanol–water partition coefficient (Wildman–Crippen LogP) is 2.26. The highest BCUT2D eigenvalue weighted by atomic mass is 17.2. The number of carbonyl (C=O) groups excluding carboxylic acids is 1. The summed E-state index contributed by atoms with van der Waals surface area (Å²) >= 11 is 0. The van der Waals surface area contributed by atoms with Crippen molar-refractivity contribution >= 4 is 13.4 Å². The molecule has 1 aliphatic carbocycles. The van der Waals surface area contributed by atoms with Gasteiger partial charge in [0.2, 0.25) is 5.91 Å². The quantitative estimate of drug-likeness (QED) is 0.335. The summed E-state index contributed by atoms with van der Waals surface area (Å²) in [5.74, 6) is 0.413. The molecule has 1 radical (unpaired) electrons. The van der Waals surface area contributed by atoms with Crippen LogP contribution in [-0.4, -0.2) is 38.0 Å². The minimum Gasteiger partial charge on any atom is -0.339 e. The van der Waals surface area contributed by atoms with Gasteiger partial charge in [0, 0.05) is 18.9 Å². The third kappa shape index (κ3) is 2.70. The van der Waals surface area contributed by atoms with Crippen molar-refractivity contribution in [3.05, 3.63) is 24.3 Å². The molecule has 0 saturated carbocycles. The van der Waals surface area contributed by atoms with E-state index in [0.717, 1.165) is 38.8 Å². The van der Waals surface area contributed by atoms with Crippen molar-refractivity contribution in [1.29, 1.82) is 0 Å². The van der Waals surface area contributed by atoms with Crippen LogP contribution in [0.4, 0.5) is 0 Å². The molecule has 4 nitrogen and oxygen atoms in total. The first kappa shape index (κ1) is 13.9. The molecule has 2 saturated heterocycles. The van der Waals surface area contributed by atoms with E-state index in [4.69, 9.17) is 9.69 Å². The summed E-state index contributed by atoms with van der Waals surface area (Å²) in [6.45, 7) is 5.96. The molecule has 0 N–H and O–H groups in total. The lowest BCUT2D eigenvalue weighted by Gasteiger charge is -2.43. The van der Waals surface area contributed by atoms with Crippen molar-refractivity contribution in [2.45, 2.75) is 37.9 Å². The Labute approximate surface area is 121 Å². The smallest absolute Gasteiger partial charge is 0.339 e. The van der Waals surface area contributed by atoms with Crippen LogP contribution in [0.3, 0.4) is 0 Å². The molecule has 2 fully saturated rings. The van der Waals surface area contributed by atoms with Gasteiger partial charge in [-0.3, -0.25) is 9.68 Å². The molecule has 107 valence electrons. The van der Waals surface area contributed by atoms with E-state index in [1.54, 1.807) is 7.48 Å². The average Bonchev–Trinajstić information content (AvgIpc) is 3.02. The number of rotatable bonds is 2. The second-order valence-electron chi connectivity index (χ2n) is 6.14. The molecule has 0 bridgehead atoms. The summed E-state index contributed by atoms with van der Waals surface area (Å²) in [6, 6.07) is 0. The van der Waals surface area contributed by atoms with E-state index >= 15 is 0 Å². The van der Waals surface area contributed by atoms with Gasteiger partial charge < -0.3 is 9.70 Å². The highest BCUT2D eigenvalue weighted by Crippen LogP contribution is 2.46. The van der Waals surface area contributed by atoms with Gasteiger partial charge in [-0.25, -0.2) is 0 Å². The molecule has 1 amide bonds. The van der Waals surface area contributed by atoms with Crippen LogP contribution in [0.25, 0.3) is 0 Å². The summed E-state index contributed by atoms with van der Waals surface area (Å²) in [5.41, 5.74) is 1.86. The number of piperidine rings is 1. The van der Waals surface area contributed by atoms with Gasteiger partial charge in [-0.1, -0.05) is 18.2 Å². The fourth-order valence-electron chi connectivity index (χ4n) is 3.54. The predicted molar refractivity (Wildman–Crippen MR) is 76.9 cm³/mol. The first-order valence-corrected chi connectivity index (χ1v) is 7.44. The van der Waals surface area contributed by atoms with E-state index in [0.29, 0.717) is 17.8 Å². The van der Waals surface area contributed by atoms with Gasteiger partial charge in [0.1, 0.15) is 0 Å². The topological polar surface area (TPSA) is 38.8 Å². The van der Waals surface area contributed by atoms with E-state index in [1.165, 1.54) is 18.1 Å². The first-order valence-electron chi connectivity index (χ1n) is 7.44. The highest BCUT2D eigenvalue weighted by Gasteiger charge is 2.38. The number of nitrogens with zero attached hydrogens (tertiary/aromatic N) is 1. The van der Waals surface area contributed by atoms with Crippen molar-refractivity contribution in [3.8, 4) is 0 Å². The molecule has 20 heavy (non-hydrogen) atoms. The number of allylic oxidation sites excluding steroid dienone is 1. The molecule has 1 unspecified atom stereocenters. The van der Waals surface area contributed by atoms with Gasteiger partial charge in [0.05, 0.1) is 6.61 Å². The Morgan fingerprint density at radius 1 is 1.45 bits per heavy atom. The Bertz CT molecular complexity index is 421. The molecule has 0 aromatic heterocycles. The van der Waals surface area contributed by atoms with Crippen LogP contribution in [-0.2, 0) is 14.5 Å². The zero-order chi connectivity index (χ0) is 14.0. The number of hydrogen-bond acceptors (Lipinski definition) is 3. The lowest BCUT2D eigenvalue weighted by Crippen LogP contribution is -2.43. The summed E-state index contributed by atoms with van der Waals surface area (Å²) < 4.78 is 0. The minimum absolute atomic E-state index is 0.0711. The lowest BCUT2D eigenvalue weighted by atomic mass is 9.64. The van der Waals surface area contributed by atoms with E-state index in [-0.39, 0.29) is 5.91 Å². The second kappa shape index (κ2) is 5.74. The van der Waals surface area contributed by atoms with Gasteiger partial charge in [0.25, 0.3) is 0 Å². The lowest BCUT2D eigenvalue weighted by molar-refractivity contribution is -0.182. The molecule has 1 spiro atoms. The molecule has 0 aromatic carbocycles. The second-order valence-corrected chi connectivity index (χ2v) is 6.14. The van der Waals surface area contributed by atoms with Gasteiger partial charge in [-0.2, -0.15) is 0 Å². The normalized spacial score (nSPS) is 28.9. The third-order valence-electron chi connectivity index (χ3n) is 5.06. The molecule has 3 rings (SSSR count). The van der Waals surface area contributed by atoms with Crippen LogP contribution in [0.1, 0.15) is 32.1 Å². The Hall–Kier alpha value is -1.07. The van der Waals surface area contributed by atoms with Gasteiger partial charge in [-0.05, 0) is 43.6 Å². The summed E-state index contributed by atoms with van der Waals surface area (Å²) in [6.07, 6.45) is 9.50. The van der Waals surface area contributed by atoms with Gasteiger partial charge in [0.15, 0.2) is 0 Å². The van der Waals surface area contributed by atoms with E-state index in [2.05, 4.69) is 12.7 Å². The number of amides is 1. The highest BCUT2D eigenvalue weighted by molar-refractivity contribution is 6.31. The van der Waals surface area contributed by atoms with Crippen LogP contribution >= 0.6 is 0 Å². The van der Waals surface area contributed by atoms with E-state index < -0.39 is 0 Å². The maximum Gasteiger partial charge on any atom is 0.354 e. The summed E-state index contributed by atoms with van der Waals surface area (Å²) in [7, 11) is 1.80. The molecule has 3 aliphatic rings. The van der Waals surface area contributed by atoms with Gasteiger partial charge in [-0.15, -0.1) is 0 Å². The Kier molecular flexibility index (Phi) is 3.99. The first-order chi connectivity index (χ1) is 9.72. The van der Waals surface area contributed by atoms with E-state index in [9.17, 15) is 4.79 Å². The van der Waals surface area contributed by atoms with Crippen molar-refractivity contribution in [2.24, 2.45) is 5.41 Å². The zero-order valence-electron chi connectivity index (χ0n) is 11.8. The molecule has 0 aromatic rings. The fourth-order valence-corrected chi connectivity index (χ4v) is 3.54. The zero-order valence-corrected chi connectivity index (χ0v) is 11.8. The molecule has 1 atom stereocenters. The average molecular weight is 274 g/mol. The Balaban J connectivity index is 1.57. The maximum absolute atomic E-state index is 11.6. The molecule has 2 aliphatic heterocycles. The summed E-state index contributed by atoms with van der Waals surface area (Å²) in [5, 5.41) is 0. The van der Waals surface area contributed by atoms with E-state index in [1.807, 2.05) is 4.90 Å². The van der Waals surface area contributed by atoms with Crippen molar-refractivity contribution in [2.75, 3.05) is 19.7 Å². The molecule has 5 heteroatoms. The monoisotopic (exact) mass is 274 g/mol. The molecular weight excluding hydrogens is 253 g/mol. The summed E-state index contributed by atoms with van der Waals surface area (Å²) in [4.78, 5) is 23.4. The van der Waals surface area contributed by atoms with Crippen molar-refractivity contribution in [3.63, 3.8) is 0 Å². The van der Waals surface area contributed by atoms with Crippen LogP contribution in [0, 0.1) is 5.41 Å². The van der Waals surface area contributed by atoms with Crippen molar-refractivity contribution in [1.82, 2.24) is 4.90 Å². The minimum atomic E-state index is 0.0711. The standard InChI is InChI=1S/C15H21BNO3/c1-2-14(18)17-9-7-15(8-10-17)5-3-12(4-6-15)13-11-19-20-16-13/h2-3,13H,1,4-11H2. The van der Waals surface area contributed by atoms with Crippen LogP contribution in [0.2, 0.25) is 5.82 Å². The van der Waals surface area contributed by atoms with Crippen LogP contribution in [0.15, 0.2) is 24.3 Å². The Morgan fingerprint density at radius 3 is 2.80 bits per heavy atom. The largest absolute Gasteiger partial charge is 0.354 e. The maximum atomic E-state index is 11.6. The number of hydrogen-bond donors (Lipinski definition) is 0.